The number of rotatable bonds is 9. The predicted molar refractivity (Wildman–Crippen MR) is 158 cm³/mol. The molecule has 3 aromatic heterocycles. The molecule has 1 aromatic carbocycles. The normalized spacial score (nSPS) is 14.8. The van der Waals surface area contributed by atoms with Gasteiger partial charge in [0.2, 0.25) is 5.91 Å². The molecular weight excluding hydrogens is 518 g/mol. The van der Waals surface area contributed by atoms with Crippen LogP contribution in [-0.2, 0) is 17.8 Å². The highest BCUT2D eigenvalue weighted by atomic mass is 16.5. The Morgan fingerprint density at radius 3 is 2.63 bits per heavy atom. The van der Waals surface area contributed by atoms with Crippen molar-refractivity contribution in [2.75, 3.05) is 24.7 Å². The number of pyridine rings is 2. The number of anilines is 2. The minimum atomic E-state index is -0.616. The number of nitrogens with one attached hydrogen (secondary N) is 2. The molecule has 0 saturated heterocycles. The predicted octanol–water partition coefficient (Wildman–Crippen LogP) is 3.60. The third-order valence-corrected chi connectivity index (χ3v) is 7.56. The lowest BCUT2D eigenvalue weighted by Gasteiger charge is -2.21. The van der Waals surface area contributed by atoms with Gasteiger partial charge < -0.3 is 21.1 Å². The van der Waals surface area contributed by atoms with E-state index in [1.807, 2.05) is 63.4 Å². The molecule has 41 heavy (non-hydrogen) atoms. The van der Waals surface area contributed by atoms with Crippen LogP contribution >= 0.6 is 0 Å². The lowest BCUT2D eigenvalue weighted by Crippen LogP contribution is -2.36. The number of nitrogens with zero attached hydrogens (tertiary/aromatic N) is 4. The van der Waals surface area contributed by atoms with Crippen LogP contribution in [0.2, 0.25) is 0 Å². The van der Waals surface area contributed by atoms with Crippen LogP contribution in [0.15, 0.2) is 59.7 Å². The Morgan fingerprint density at radius 2 is 1.90 bits per heavy atom. The first-order valence-corrected chi connectivity index (χ1v) is 13.7. The SMILES string of the molecule is COc1cc(C)ccc1[C@H](CNc1ncc2n(c1=O)[C@H](C(=O)NCc1ccc(N)nc1C)CC2)c1ccc(C)cn1. The highest BCUT2D eigenvalue weighted by Gasteiger charge is 2.31. The van der Waals surface area contributed by atoms with Gasteiger partial charge in [0, 0.05) is 54.0 Å². The maximum absolute atomic E-state index is 13.6. The second kappa shape index (κ2) is 11.8. The molecule has 1 aliphatic rings. The highest BCUT2D eigenvalue weighted by Crippen LogP contribution is 2.32. The molecule has 212 valence electrons. The van der Waals surface area contributed by atoms with Gasteiger partial charge in [-0.3, -0.25) is 19.1 Å². The third kappa shape index (κ3) is 5.91. The number of nitrogens with two attached hydrogens (primary N) is 1. The average Bonchev–Trinajstić information content (AvgIpc) is 3.40. The van der Waals surface area contributed by atoms with Gasteiger partial charge in [0.15, 0.2) is 5.82 Å². The molecule has 2 atom stereocenters. The molecule has 4 N–H and O–H groups in total. The van der Waals surface area contributed by atoms with Crippen molar-refractivity contribution in [1.29, 1.82) is 0 Å². The van der Waals surface area contributed by atoms with E-state index in [-0.39, 0.29) is 23.2 Å². The van der Waals surface area contributed by atoms with Gasteiger partial charge in [-0.25, -0.2) is 9.97 Å². The largest absolute Gasteiger partial charge is 0.496 e. The molecule has 0 aliphatic carbocycles. The molecule has 5 rings (SSSR count). The van der Waals surface area contributed by atoms with Crippen molar-refractivity contribution in [2.24, 2.45) is 0 Å². The van der Waals surface area contributed by atoms with Gasteiger partial charge in [-0.2, -0.15) is 0 Å². The van der Waals surface area contributed by atoms with Crippen LogP contribution in [0, 0.1) is 20.8 Å². The number of carbonyl (C=O) groups excluding carboxylic acids is 1. The van der Waals surface area contributed by atoms with Gasteiger partial charge in [-0.1, -0.05) is 24.3 Å². The standard InChI is InChI=1S/C31H35N7O3/c1-18-5-9-23(27(13-18)41-4)24(25-10-6-19(2)14-33-25)17-35-29-31(40)38-22(16-34-29)8-11-26(38)30(39)36-15-21-7-12-28(32)37-20(21)3/h5-7,9-10,12-14,16,24,26H,8,11,15,17H2,1-4H3,(H2,32,37)(H,34,35)(H,36,39)/t24-,26-/m0/s1. The van der Waals surface area contributed by atoms with E-state index >= 15 is 0 Å². The third-order valence-electron chi connectivity index (χ3n) is 7.56. The number of aromatic nitrogens is 4. The van der Waals surface area contributed by atoms with E-state index in [0.717, 1.165) is 45.1 Å². The van der Waals surface area contributed by atoms with E-state index in [4.69, 9.17) is 10.5 Å². The second-order valence-corrected chi connectivity index (χ2v) is 10.5. The Bertz CT molecular complexity index is 1630. The zero-order valence-corrected chi connectivity index (χ0v) is 23.8. The number of hydrogen-bond donors (Lipinski definition) is 3. The van der Waals surface area contributed by atoms with Crippen molar-refractivity contribution in [2.45, 2.75) is 52.1 Å². The van der Waals surface area contributed by atoms with Crippen LogP contribution in [0.25, 0.3) is 0 Å². The molecule has 1 amide bonds. The fourth-order valence-corrected chi connectivity index (χ4v) is 5.27. The van der Waals surface area contributed by atoms with E-state index in [0.29, 0.717) is 31.7 Å². The van der Waals surface area contributed by atoms with Crippen molar-refractivity contribution >= 4 is 17.5 Å². The van der Waals surface area contributed by atoms with Crippen LogP contribution in [0.3, 0.4) is 0 Å². The maximum Gasteiger partial charge on any atom is 0.294 e. The van der Waals surface area contributed by atoms with Gasteiger partial charge in [-0.05, 0) is 68.5 Å². The van der Waals surface area contributed by atoms with E-state index in [1.54, 1.807) is 23.9 Å². The van der Waals surface area contributed by atoms with E-state index in [2.05, 4.69) is 25.6 Å². The second-order valence-electron chi connectivity index (χ2n) is 10.5. The zero-order valence-electron chi connectivity index (χ0n) is 23.8. The Morgan fingerprint density at radius 1 is 1.10 bits per heavy atom. The molecule has 4 heterocycles. The van der Waals surface area contributed by atoms with Gasteiger partial charge >= 0.3 is 0 Å². The summed E-state index contributed by atoms with van der Waals surface area (Å²) in [6.07, 6.45) is 4.63. The fourth-order valence-electron chi connectivity index (χ4n) is 5.27. The van der Waals surface area contributed by atoms with Gasteiger partial charge in [-0.15, -0.1) is 0 Å². The topological polar surface area (TPSA) is 137 Å². The molecular formula is C31H35N7O3. The van der Waals surface area contributed by atoms with Crippen molar-refractivity contribution in [3.05, 3.63) is 105 Å². The number of hydrogen-bond acceptors (Lipinski definition) is 8. The van der Waals surface area contributed by atoms with E-state index in [1.165, 1.54) is 0 Å². The van der Waals surface area contributed by atoms with Crippen molar-refractivity contribution in [3.63, 3.8) is 0 Å². The Balaban J connectivity index is 1.38. The van der Waals surface area contributed by atoms with Crippen LogP contribution in [-0.4, -0.2) is 39.1 Å². The summed E-state index contributed by atoms with van der Waals surface area (Å²) in [6, 6.07) is 13.0. The van der Waals surface area contributed by atoms with E-state index < -0.39 is 6.04 Å². The summed E-state index contributed by atoms with van der Waals surface area (Å²) in [6.45, 7) is 6.52. The van der Waals surface area contributed by atoms with Crippen LogP contribution < -0.4 is 26.7 Å². The zero-order chi connectivity index (χ0) is 29.1. The molecule has 0 unspecified atom stereocenters. The Kier molecular flexibility index (Phi) is 8.00. The first kappa shape index (κ1) is 27.8. The monoisotopic (exact) mass is 553 g/mol. The number of amides is 1. The first-order chi connectivity index (χ1) is 19.7. The number of aryl methyl sites for hydroxylation is 4. The number of benzene rings is 1. The molecule has 0 fully saturated rings. The highest BCUT2D eigenvalue weighted by molar-refractivity contribution is 5.81. The van der Waals surface area contributed by atoms with Crippen LogP contribution in [0.5, 0.6) is 5.75 Å². The minimum Gasteiger partial charge on any atom is -0.496 e. The van der Waals surface area contributed by atoms with Crippen LogP contribution in [0.4, 0.5) is 11.6 Å². The summed E-state index contributed by atoms with van der Waals surface area (Å²) in [7, 11) is 1.65. The molecule has 0 spiro atoms. The van der Waals surface area contributed by atoms with Crippen molar-refractivity contribution in [3.8, 4) is 5.75 Å². The van der Waals surface area contributed by atoms with Crippen molar-refractivity contribution < 1.29 is 9.53 Å². The van der Waals surface area contributed by atoms with Crippen molar-refractivity contribution in [1.82, 2.24) is 24.8 Å². The average molecular weight is 554 g/mol. The lowest BCUT2D eigenvalue weighted by molar-refractivity contribution is -0.124. The maximum atomic E-state index is 13.6. The summed E-state index contributed by atoms with van der Waals surface area (Å²) in [5.41, 5.74) is 11.7. The van der Waals surface area contributed by atoms with Gasteiger partial charge in [0.05, 0.1) is 7.11 Å². The Hall–Kier alpha value is -4.73. The molecule has 4 aromatic rings. The molecule has 0 radical (unpaired) electrons. The first-order valence-electron chi connectivity index (χ1n) is 13.7. The Labute approximate surface area is 239 Å². The molecule has 0 bridgehead atoms. The number of methoxy groups -OCH3 is 1. The summed E-state index contributed by atoms with van der Waals surface area (Å²) in [4.78, 5) is 40.2. The lowest BCUT2D eigenvalue weighted by atomic mass is 9.93. The summed E-state index contributed by atoms with van der Waals surface area (Å²) in [5.74, 6) is 0.950. The van der Waals surface area contributed by atoms with Gasteiger partial charge in [0.1, 0.15) is 17.6 Å². The van der Waals surface area contributed by atoms with Crippen LogP contribution in [0.1, 0.15) is 57.7 Å². The number of fused-ring (bicyclic) bond motifs is 1. The fraction of sp³-hybridized carbons (Fsp3) is 0.323. The molecule has 0 saturated carbocycles. The summed E-state index contributed by atoms with van der Waals surface area (Å²) < 4.78 is 7.27. The smallest absolute Gasteiger partial charge is 0.294 e. The quantitative estimate of drug-likeness (QED) is 0.286. The summed E-state index contributed by atoms with van der Waals surface area (Å²) >= 11 is 0. The van der Waals surface area contributed by atoms with E-state index in [9.17, 15) is 9.59 Å². The number of nitrogen functional groups attached to an aromatic ring is 1. The number of ether oxygens (including phenoxy) is 1. The molecule has 1 aliphatic heterocycles. The van der Waals surface area contributed by atoms with Gasteiger partial charge in [0.25, 0.3) is 5.56 Å². The molecule has 10 nitrogen and oxygen atoms in total. The summed E-state index contributed by atoms with van der Waals surface area (Å²) in [5, 5.41) is 6.22. The number of carbonyl (C=O) groups is 1. The minimum absolute atomic E-state index is 0.190. The molecule has 10 heteroatoms.